The number of nitrogens with two attached hydrogens (primary N) is 1. The predicted molar refractivity (Wildman–Crippen MR) is 47.0 cm³/mol. The largest absolute Gasteiger partial charge is 0.508 e. The van der Waals surface area contributed by atoms with Crippen molar-refractivity contribution in [2.24, 2.45) is 5.73 Å². The molecule has 0 amide bonds. The second-order valence-corrected chi connectivity index (χ2v) is 2.70. The second-order valence-electron chi connectivity index (χ2n) is 2.70. The van der Waals surface area contributed by atoms with E-state index in [2.05, 4.69) is 4.74 Å². The standard InChI is InChI=1S/C9H10FNO3/c1-14-9(13)8(11)6-4-5(10)2-3-7(6)12/h2-4,8,12H,11H2,1H3/t8-/m1/s1. The molecule has 0 unspecified atom stereocenters. The molecule has 0 radical (unpaired) electrons. The molecule has 1 atom stereocenters. The van der Waals surface area contributed by atoms with Crippen LogP contribution in [0.4, 0.5) is 4.39 Å². The number of aromatic hydroxyl groups is 1. The van der Waals surface area contributed by atoms with Crippen LogP contribution in [-0.2, 0) is 9.53 Å². The number of esters is 1. The average Bonchev–Trinajstić information content (AvgIpc) is 2.19. The quantitative estimate of drug-likeness (QED) is 0.688. The average molecular weight is 199 g/mol. The smallest absolute Gasteiger partial charge is 0.327 e. The number of phenols is 1. The van der Waals surface area contributed by atoms with Gasteiger partial charge in [-0.1, -0.05) is 0 Å². The fourth-order valence-electron chi connectivity index (χ4n) is 1.03. The molecule has 0 heterocycles. The molecule has 0 fully saturated rings. The van der Waals surface area contributed by atoms with E-state index < -0.39 is 17.8 Å². The van der Waals surface area contributed by atoms with E-state index >= 15 is 0 Å². The first-order chi connectivity index (χ1) is 6.56. The lowest BCUT2D eigenvalue weighted by Gasteiger charge is -2.10. The Morgan fingerprint density at radius 2 is 2.29 bits per heavy atom. The van der Waals surface area contributed by atoms with Gasteiger partial charge in [0, 0.05) is 5.56 Å². The molecule has 0 aromatic heterocycles. The van der Waals surface area contributed by atoms with Crippen LogP contribution in [0.5, 0.6) is 5.75 Å². The van der Waals surface area contributed by atoms with Crippen molar-refractivity contribution >= 4 is 5.97 Å². The molecule has 0 aliphatic carbocycles. The zero-order chi connectivity index (χ0) is 10.7. The van der Waals surface area contributed by atoms with E-state index in [1.807, 2.05) is 0 Å². The van der Waals surface area contributed by atoms with Gasteiger partial charge < -0.3 is 15.6 Å². The molecule has 0 saturated carbocycles. The van der Waals surface area contributed by atoms with Crippen LogP contribution in [0.15, 0.2) is 18.2 Å². The Labute approximate surface area is 80.1 Å². The maximum absolute atomic E-state index is 12.8. The first-order valence-electron chi connectivity index (χ1n) is 3.88. The molecule has 0 bridgehead atoms. The highest BCUT2D eigenvalue weighted by molar-refractivity contribution is 5.78. The third-order valence-electron chi connectivity index (χ3n) is 1.78. The number of hydrogen-bond acceptors (Lipinski definition) is 4. The van der Waals surface area contributed by atoms with E-state index in [1.54, 1.807) is 0 Å². The number of ether oxygens (including phenoxy) is 1. The van der Waals surface area contributed by atoms with E-state index in [9.17, 15) is 14.3 Å². The molecule has 1 aromatic rings. The Balaban J connectivity index is 3.05. The van der Waals surface area contributed by atoms with Gasteiger partial charge in [0.25, 0.3) is 0 Å². The van der Waals surface area contributed by atoms with Crippen molar-refractivity contribution in [2.45, 2.75) is 6.04 Å². The summed E-state index contributed by atoms with van der Waals surface area (Å²) in [6, 6.07) is 2.03. The summed E-state index contributed by atoms with van der Waals surface area (Å²) in [7, 11) is 1.17. The van der Waals surface area contributed by atoms with Gasteiger partial charge >= 0.3 is 5.97 Å². The van der Waals surface area contributed by atoms with Crippen LogP contribution in [0.3, 0.4) is 0 Å². The van der Waals surface area contributed by atoms with Crippen LogP contribution in [0.1, 0.15) is 11.6 Å². The van der Waals surface area contributed by atoms with E-state index in [1.165, 1.54) is 7.11 Å². The molecular formula is C9H10FNO3. The Kier molecular flexibility index (Phi) is 3.03. The monoisotopic (exact) mass is 199 g/mol. The topological polar surface area (TPSA) is 72.5 Å². The van der Waals surface area contributed by atoms with Crippen LogP contribution < -0.4 is 5.73 Å². The van der Waals surface area contributed by atoms with Crippen LogP contribution >= 0.6 is 0 Å². The molecule has 5 heteroatoms. The van der Waals surface area contributed by atoms with Gasteiger partial charge in [0.05, 0.1) is 7.11 Å². The second kappa shape index (κ2) is 4.06. The molecule has 3 N–H and O–H groups in total. The van der Waals surface area contributed by atoms with Crippen molar-refractivity contribution in [3.63, 3.8) is 0 Å². The number of benzene rings is 1. The van der Waals surface area contributed by atoms with E-state index in [0.29, 0.717) is 0 Å². The fourth-order valence-corrected chi connectivity index (χ4v) is 1.03. The van der Waals surface area contributed by atoms with Crippen molar-refractivity contribution in [3.05, 3.63) is 29.6 Å². The van der Waals surface area contributed by atoms with E-state index in [-0.39, 0.29) is 11.3 Å². The molecule has 4 nitrogen and oxygen atoms in total. The predicted octanol–water partition coefficient (Wildman–Crippen LogP) is 0.704. The normalized spacial score (nSPS) is 12.2. The van der Waals surface area contributed by atoms with Gasteiger partial charge in [0.15, 0.2) is 0 Å². The first kappa shape index (κ1) is 10.5. The summed E-state index contributed by atoms with van der Waals surface area (Å²) in [6.45, 7) is 0. The molecule has 0 aliphatic heterocycles. The third kappa shape index (κ3) is 2.00. The highest BCUT2D eigenvalue weighted by Crippen LogP contribution is 2.23. The summed E-state index contributed by atoms with van der Waals surface area (Å²) in [5.41, 5.74) is 5.43. The molecule has 0 spiro atoms. The first-order valence-corrected chi connectivity index (χ1v) is 3.88. The molecular weight excluding hydrogens is 189 g/mol. The van der Waals surface area contributed by atoms with E-state index in [0.717, 1.165) is 18.2 Å². The molecule has 1 rings (SSSR count). The summed E-state index contributed by atoms with van der Waals surface area (Å²) >= 11 is 0. The maximum atomic E-state index is 12.8. The number of carbonyl (C=O) groups is 1. The Bertz CT molecular complexity index is 354. The highest BCUT2D eigenvalue weighted by Gasteiger charge is 2.19. The van der Waals surface area contributed by atoms with Gasteiger partial charge in [-0.05, 0) is 18.2 Å². The van der Waals surface area contributed by atoms with Crippen LogP contribution in [0.25, 0.3) is 0 Å². The molecule has 14 heavy (non-hydrogen) atoms. The maximum Gasteiger partial charge on any atom is 0.327 e. The Morgan fingerprint density at radius 1 is 1.64 bits per heavy atom. The van der Waals surface area contributed by atoms with Crippen molar-refractivity contribution in [3.8, 4) is 5.75 Å². The van der Waals surface area contributed by atoms with Crippen molar-refractivity contribution in [2.75, 3.05) is 7.11 Å². The summed E-state index contributed by atoms with van der Waals surface area (Å²) < 4.78 is 17.1. The SMILES string of the molecule is COC(=O)[C@H](N)c1cc(F)ccc1O. The van der Waals surface area contributed by atoms with Gasteiger partial charge in [0.2, 0.25) is 0 Å². The molecule has 0 saturated heterocycles. The number of carbonyl (C=O) groups excluding carboxylic acids is 1. The lowest BCUT2D eigenvalue weighted by Crippen LogP contribution is -2.22. The number of methoxy groups -OCH3 is 1. The zero-order valence-electron chi connectivity index (χ0n) is 7.53. The number of phenolic OH excluding ortho intramolecular Hbond substituents is 1. The highest BCUT2D eigenvalue weighted by atomic mass is 19.1. The Morgan fingerprint density at radius 3 is 2.86 bits per heavy atom. The number of hydrogen-bond donors (Lipinski definition) is 2. The van der Waals surface area contributed by atoms with Gasteiger partial charge in [0.1, 0.15) is 17.6 Å². The van der Waals surface area contributed by atoms with Crippen molar-refractivity contribution in [1.29, 1.82) is 0 Å². The number of rotatable bonds is 2. The third-order valence-corrected chi connectivity index (χ3v) is 1.78. The van der Waals surface area contributed by atoms with Crippen LogP contribution in [0, 0.1) is 5.82 Å². The van der Waals surface area contributed by atoms with Crippen molar-refractivity contribution in [1.82, 2.24) is 0 Å². The minimum absolute atomic E-state index is 0.0110. The van der Waals surface area contributed by atoms with Gasteiger partial charge in [-0.3, -0.25) is 4.79 Å². The minimum atomic E-state index is -1.17. The molecule has 76 valence electrons. The van der Waals surface area contributed by atoms with Gasteiger partial charge in [-0.2, -0.15) is 0 Å². The van der Waals surface area contributed by atoms with Crippen molar-refractivity contribution < 1.29 is 19.0 Å². The molecule has 1 aromatic carbocycles. The summed E-state index contributed by atoms with van der Waals surface area (Å²) in [5.74, 6) is -1.53. The summed E-state index contributed by atoms with van der Waals surface area (Å²) in [5, 5.41) is 9.30. The van der Waals surface area contributed by atoms with Crippen LogP contribution in [-0.4, -0.2) is 18.2 Å². The number of halogens is 1. The lowest BCUT2D eigenvalue weighted by atomic mass is 10.1. The summed E-state index contributed by atoms with van der Waals surface area (Å²) in [4.78, 5) is 11.0. The zero-order valence-corrected chi connectivity index (χ0v) is 7.53. The minimum Gasteiger partial charge on any atom is -0.508 e. The fraction of sp³-hybridized carbons (Fsp3) is 0.222. The lowest BCUT2D eigenvalue weighted by molar-refractivity contribution is -0.142. The summed E-state index contributed by atoms with van der Waals surface area (Å²) in [6.07, 6.45) is 0. The van der Waals surface area contributed by atoms with Gasteiger partial charge in [-0.15, -0.1) is 0 Å². The van der Waals surface area contributed by atoms with Gasteiger partial charge in [-0.25, -0.2) is 4.39 Å². The Hall–Kier alpha value is -1.62. The molecule has 0 aliphatic rings. The van der Waals surface area contributed by atoms with Crippen LogP contribution in [0.2, 0.25) is 0 Å². The van der Waals surface area contributed by atoms with E-state index in [4.69, 9.17) is 5.73 Å².